The molecule has 5 heteroatoms. The van der Waals surface area contributed by atoms with Gasteiger partial charge in [0.15, 0.2) is 0 Å². The molecule has 3 rings (SSSR count). The van der Waals surface area contributed by atoms with Crippen LogP contribution in [0.25, 0.3) is 11.1 Å². The van der Waals surface area contributed by atoms with Gasteiger partial charge in [0.25, 0.3) is 0 Å². The molecule has 0 bridgehead atoms. The summed E-state index contributed by atoms with van der Waals surface area (Å²) < 4.78 is 7.64. The van der Waals surface area contributed by atoms with E-state index in [1.807, 2.05) is 58.2 Å². The normalized spacial score (nSPS) is 10.7. The van der Waals surface area contributed by atoms with Gasteiger partial charge in [0.2, 0.25) is 0 Å². The molecule has 5 nitrogen and oxygen atoms in total. The molecule has 0 aliphatic heterocycles. The molecule has 0 amide bonds. The van der Waals surface area contributed by atoms with Gasteiger partial charge in [0.1, 0.15) is 0 Å². The van der Waals surface area contributed by atoms with Crippen LogP contribution in [0.2, 0.25) is 0 Å². The lowest BCUT2D eigenvalue weighted by Gasteiger charge is -2.10. The third kappa shape index (κ3) is 3.81. The summed E-state index contributed by atoms with van der Waals surface area (Å²) in [4.78, 5) is 17.1. The van der Waals surface area contributed by atoms with Crippen LogP contribution in [0.4, 0.5) is 0 Å². The second kappa shape index (κ2) is 8.10. The average molecular weight is 373 g/mol. The van der Waals surface area contributed by atoms with E-state index in [0.717, 1.165) is 28.1 Å². The van der Waals surface area contributed by atoms with Crippen LogP contribution in [0.15, 0.2) is 48.8 Å². The first kappa shape index (κ1) is 19.4. The predicted molar refractivity (Wildman–Crippen MR) is 108 cm³/mol. The first-order valence-electron chi connectivity index (χ1n) is 9.22. The summed E-state index contributed by atoms with van der Waals surface area (Å²) in [5.41, 5.74) is 5.77. The lowest BCUT2D eigenvalue weighted by atomic mass is 9.99. The van der Waals surface area contributed by atoms with Crippen molar-refractivity contribution in [2.45, 2.75) is 40.3 Å². The van der Waals surface area contributed by atoms with Crippen LogP contribution >= 0.6 is 0 Å². The molecule has 0 N–H and O–H groups in total. The van der Waals surface area contributed by atoms with E-state index in [4.69, 9.17) is 10.00 Å². The van der Waals surface area contributed by atoms with Crippen LogP contribution in [-0.4, -0.2) is 21.6 Å². The van der Waals surface area contributed by atoms with Crippen molar-refractivity contribution in [1.82, 2.24) is 9.55 Å². The molecule has 0 aliphatic rings. The highest BCUT2D eigenvalue weighted by molar-refractivity contribution is 6.00. The third-order valence-corrected chi connectivity index (χ3v) is 4.70. The zero-order valence-corrected chi connectivity index (χ0v) is 16.6. The standard InChI is InChI=1S/C23H23N3O2/c1-15(2)28-23(27)22-17(4)26(14-19-6-5-11-25-13-19)16(3)21(22)20-9-7-18(12-24)8-10-20/h5-11,13,15H,14H2,1-4H3. The lowest BCUT2D eigenvalue weighted by molar-refractivity contribution is 0.0378. The van der Waals surface area contributed by atoms with Gasteiger partial charge in [-0.05, 0) is 57.0 Å². The van der Waals surface area contributed by atoms with E-state index in [2.05, 4.69) is 15.6 Å². The Kier molecular flexibility index (Phi) is 5.60. The minimum Gasteiger partial charge on any atom is -0.459 e. The van der Waals surface area contributed by atoms with Crippen molar-refractivity contribution < 1.29 is 9.53 Å². The molecule has 0 unspecified atom stereocenters. The average Bonchev–Trinajstić information content (AvgIpc) is 2.93. The first-order valence-corrected chi connectivity index (χ1v) is 9.22. The quantitative estimate of drug-likeness (QED) is 0.610. The molecule has 3 aromatic rings. The molecule has 0 fully saturated rings. The fourth-order valence-electron chi connectivity index (χ4n) is 3.38. The number of hydrogen-bond acceptors (Lipinski definition) is 4. The summed E-state index contributed by atoms with van der Waals surface area (Å²) in [5, 5.41) is 9.07. The number of benzene rings is 1. The van der Waals surface area contributed by atoms with Crippen LogP contribution in [0.1, 0.15) is 46.7 Å². The Bertz CT molecular complexity index is 1030. The van der Waals surface area contributed by atoms with E-state index in [1.165, 1.54) is 0 Å². The Balaban J connectivity index is 2.16. The second-order valence-corrected chi connectivity index (χ2v) is 7.01. The summed E-state index contributed by atoms with van der Waals surface area (Å²) in [6.45, 7) is 8.24. The summed E-state index contributed by atoms with van der Waals surface area (Å²) in [5.74, 6) is -0.333. The number of carbonyl (C=O) groups excluding carboxylic acids is 1. The highest BCUT2D eigenvalue weighted by atomic mass is 16.5. The van der Waals surface area contributed by atoms with E-state index >= 15 is 0 Å². The zero-order chi connectivity index (χ0) is 20.3. The molecule has 0 saturated carbocycles. The van der Waals surface area contributed by atoms with Gasteiger partial charge in [0, 0.05) is 35.9 Å². The van der Waals surface area contributed by atoms with Gasteiger partial charge in [-0.1, -0.05) is 18.2 Å². The van der Waals surface area contributed by atoms with Gasteiger partial charge in [-0.15, -0.1) is 0 Å². The Morgan fingerprint density at radius 2 is 1.89 bits per heavy atom. The molecular weight excluding hydrogens is 350 g/mol. The molecule has 142 valence electrons. The third-order valence-electron chi connectivity index (χ3n) is 4.70. The molecule has 28 heavy (non-hydrogen) atoms. The number of nitriles is 1. The van der Waals surface area contributed by atoms with Gasteiger partial charge < -0.3 is 9.30 Å². The van der Waals surface area contributed by atoms with Crippen LogP contribution in [0, 0.1) is 25.2 Å². The zero-order valence-electron chi connectivity index (χ0n) is 16.6. The molecule has 2 aromatic heterocycles. The van der Waals surface area contributed by atoms with Crippen molar-refractivity contribution in [2.24, 2.45) is 0 Å². The molecule has 0 saturated heterocycles. The van der Waals surface area contributed by atoms with E-state index < -0.39 is 0 Å². The maximum Gasteiger partial charge on any atom is 0.340 e. The topological polar surface area (TPSA) is 67.9 Å². The van der Waals surface area contributed by atoms with E-state index in [1.54, 1.807) is 18.3 Å². The molecule has 0 atom stereocenters. The monoisotopic (exact) mass is 373 g/mol. The largest absolute Gasteiger partial charge is 0.459 e. The Morgan fingerprint density at radius 1 is 1.18 bits per heavy atom. The van der Waals surface area contributed by atoms with E-state index in [0.29, 0.717) is 17.7 Å². The van der Waals surface area contributed by atoms with Crippen LogP contribution < -0.4 is 0 Å². The summed E-state index contributed by atoms with van der Waals surface area (Å²) in [6, 6.07) is 13.3. The van der Waals surface area contributed by atoms with Gasteiger partial charge in [-0.3, -0.25) is 4.98 Å². The lowest BCUT2D eigenvalue weighted by Crippen LogP contribution is -2.13. The molecule has 1 aromatic carbocycles. The molecular formula is C23H23N3O2. The summed E-state index contributed by atoms with van der Waals surface area (Å²) in [6.07, 6.45) is 3.36. The SMILES string of the molecule is Cc1c(C(=O)OC(C)C)c(-c2ccc(C#N)cc2)c(C)n1Cc1cccnc1. The highest BCUT2D eigenvalue weighted by Gasteiger charge is 2.26. The number of aromatic nitrogens is 2. The predicted octanol–water partition coefficient (Wildman–Crippen LogP) is 4.65. The first-order chi connectivity index (χ1) is 13.4. The van der Waals surface area contributed by atoms with Gasteiger partial charge in [0.05, 0.1) is 23.3 Å². The summed E-state index contributed by atoms with van der Waals surface area (Å²) >= 11 is 0. The minimum absolute atomic E-state index is 0.206. The van der Waals surface area contributed by atoms with Crippen LogP contribution in [0.3, 0.4) is 0 Å². The second-order valence-electron chi connectivity index (χ2n) is 7.01. The Labute approximate surface area is 165 Å². The van der Waals surface area contributed by atoms with E-state index in [-0.39, 0.29) is 12.1 Å². The van der Waals surface area contributed by atoms with Crippen molar-refractivity contribution in [3.63, 3.8) is 0 Å². The van der Waals surface area contributed by atoms with Crippen LogP contribution in [0.5, 0.6) is 0 Å². The fraction of sp³-hybridized carbons (Fsp3) is 0.261. The van der Waals surface area contributed by atoms with Crippen molar-refractivity contribution in [1.29, 1.82) is 5.26 Å². The number of nitrogens with zero attached hydrogens (tertiary/aromatic N) is 3. The van der Waals surface area contributed by atoms with Crippen molar-refractivity contribution in [3.8, 4) is 17.2 Å². The molecule has 0 aliphatic carbocycles. The number of carbonyl (C=O) groups is 1. The van der Waals surface area contributed by atoms with Gasteiger partial charge in [-0.25, -0.2) is 4.79 Å². The molecule has 2 heterocycles. The number of hydrogen-bond donors (Lipinski definition) is 0. The minimum atomic E-state index is -0.333. The molecule has 0 radical (unpaired) electrons. The smallest absolute Gasteiger partial charge is 0.340 e. The number of esters is 1. The molecule has 0 spiro atoms. The summed E-state index contributed by atoms with van der Waals surface area (Å²) in [7, 11) is 0. The van der Waals surface area contributed by atoms with Gasteiger partial charge in [-0.2, -0.15) is 5.26 Å². The Hall–Kier alpha value is -3.39. The number of ether oxygens (including phenoxy) is 1. The van der Waals surface area contributed by atoms with Crippen molar-refractivity contribution >= 4 is 5.97 Å². The Morgan fingerprint density at radius 3 is 2.46 bits per heavy atom. The maximum atomic E-state index is 12.9. The number of pyridine rings is 1. The van der Waals surface area contributed by atoms with Gasteiger partial charge >= 0.3 is 5.97 Å². The maximum absolute atomic E-state index is 12.9. The van der Waals surface area contributed by atoms with E-state index in [9.17, 15) is 4.79 Å². The van der Waals surface area contributed by atoms with Crippen LogP contribution in [-0.2, 0) is 11.3 Å². The highest BCUT2D eigenvalue weighted by Crippen LogP contribution is 2.34. The van der Waals surface area contributed by atoms with Crippen molar-refractivity contribution in [3.05, 3.63) is 76.9 Å². The van der Waals surface area contributed by atoms with Crippen molar-refractivity contribution in [2.75, 3.05) is 0 Å². The fourth-order valence-corrected chi connectivity index (χ4v) is 3.38. The number of rotatable bonds is 5.